The van der Waals surface area contributed by atoms with E-state index in [1.807, 2.05) is 45.4 Å². The minimum atomic E-state index is -0.892. The van der Waals surface area contributed by atoms with Gasteiger partial charge in [-0.2, -0.15) is 10.1 Å². The summed E-state index contributed by atoms with van der Waals surface area (Å²) in [4.78, 5) is 17.0. The molecule has 0 aliphatic carbocycles. The summed E-state index contributed by atoms with van der Waals surface area (Å²) in [5.74, 6) is 0.499. The summed E-state index contributed by atoms with van der Waals surface area (Å²) < 4.78 is 9.12. The van der Waals surface area contributed by atoms with Crippen LogP contribution in [-0.2, 0) is 4.74 Å². The SMILES string of the molecule is CCOC(C)n1cc(-c2cn3nc(N[C@@H]4CCN(C(=O)O)C4)nc3cc2C)cn1. The van der Waals surface area contributed by atoms with Crippen molar-refractivity contribution in [2.75, 3.05) is 25.0 Å². The summed E-state index contributed by atoms with van der Waals surface area (Å²) in [5.41, 5.74) is 3.80. The van der Waals surface area contributed by atoms with Crippen LogP contribution in [0.1, 0.15) is 32.1 Å². The number of ether oxygens (including phenoxy) is 1. The maximum Gasteiger partial charge on any atom is 0.407 e. The van der Waals surface area contributed by atoms with Gasteiger partial charge in [0.15, 0.2) is 5.65 Å². The summed E-state index contributed by atoms with van der Waals surface area (Å²) in [6, 6.07) is 2.00. The highest BCUT2D eigenvalue weighted by molar-refractivity contribution is 5.68. The zero-order chi connectivity index (χ0) is 20.5. The number of aromatic nitrogens is 5. The highest BCUT2D eigenvalue weighted by atomic mass is 16.5. The van der Waals surface area contributed by atoms with E-state index in [1.54, 1.807) is 9.20 Å². The van der Waals surface area contributed by atoms with Crippen LogP contribution in [-0.4, -0.2) is 66.2 Å². The lowest BCUT2D eigenvalue weighted by Gasteiger charge is -2.12. The first-order valence-corrected chi connectivity index (χ1v) is 9.72. The van der Waals surface area contributed by atoms with E-state index in [4.69, 9.17) is 9.84 Å². The van der Waals surface area contributed by atoms with E-state index in [0.717, 1.165) is 28.8 Å². The van der Waals surface area contributed by atoms with Gasteiger partial charge in [-0.05, 0) is 38.8 Å². The summed E-state index contributed by atoms with van der Waals surface area (Å²) >= 11 is 0. The highest BCUT2D eigenvalue weighted by Crippen LogP contribution is 2.25. The fourth-order valence-electron chi connectivity index (χ4n) is 3.62. The Morgan fingerprint density at radius 1 is 1.45 bits per heavy atom. The lowest BCUT2D eigenvalue weighted by molar-refractivity contribution is 0.0160. The summed E-state index contributed by atoms with van der Waals surface area (Å²) in [7, 11) is 0. The predicted octanol–water partition coefficient (Wildman–Crippen LogP) is 2.62. The van der Waals surface area contributed by atoms with E-state index in [-0.39, 0.29) is 12.3 Å². The van der Waals surface area contributed by atoms with Gasteiger partial charge in [0.05, 0.1) is 6.20 Å². The monoisotopic (exact) mass is 399 g/mol. The quantitative estimate of drug-likeness (QED) is 0.656. The molecule has 1 amide bonds. The Balaban J connectivity index is 1.55. The number of hydrogen-bond donors (Lipinski definition) is 2. The molecule has 0 saturated carbocycles. The van der Waals surface area contributed by atoms with Crippen molar-refractivity contribution in [2.45, 2.75) is 39.5 Å². The zero-order valence-corrected chi connectivity index (χ0v) is 16.7. The van der Waals surface area contributed by atoms with Crippen molar-refractivity contribution in [2.24, 2.45) is 0 Å². The number of hydrogen-bond acceptors (Lipinski definition) is 6. The zero-order valence-electron chi connectivity index (χ0n) is 16.7. The molecule has 2 N–H and O–H groups in total. The molecule has 4 rings (SSSR count). The smallest absolute Gasteiger partial charge is 0.407 e. The predicted molar refractivity (Wildman–Crippen MR) is 107 cm³/mol. The molecule has 0 spiro atoms. The van der Waals surface area contributed by atoms with Crippen LogP contribution in [0.2, 0.25) is 0 Å². The molecule has 1 saturated heterocycles. The molecular formula is C19H25N7O3. The van der Waals surface area contributed by atoms with Crippen molar-refractivity contribution in [1.29, 1.82) is 0 Å². The number of likely N-dealkylation sites (tertiary alicyclic amines) is 1. The topological polar surface area (TPSA) is 110 Å². The third-order valence-corrected chi connectivity index (χ3v) is 5.16. The van der Waals surface area contributed by atoms with Gasteiger partial charge >= 0.3 is 6.09 Å². The number of amides is 1. The number of nitrogens with one attached hydrogen (secondary N) is 1. The first kappa shape index (κ1) is 19.2. The Morgan fingerprint density at radius 3 is 3.00 bits per heavy atom. The van der Waals surface area contributed by atoms with Crippen molar-refractivity contribution in [3.8, 4) is 11.1 Å². The van der Waals surface area contributed by atoms with E-state index < -0.39 is 6.09 Å². The van der Waals surface area contributed by atoms with Gasteiger partial charge in [-0.3, -0.25) is 0 Å². The number of nitrogens with zero attached hydrogens (tertiary/aromatic N) is 6. The molecule has 1 aliphatic rings. The van der Waals surface area contributed by atoms with Gasteiger partial charge in [0, 0.05) is 49.3 Å². The van der Waals surface area contributed by atoms with Gasteiger partial charge in [0.25, 0.3) is 0 Å². The number of carbonyl (C=O) groups is 1. The Bertz CT molecular complexity index is 1030. The minimum absolute atomic E-state index is 0.0161. The van der Waals surface area contributed by atoms with Crippen molar-refractivity contribution in [3.63, 3.8) is 0 Å². The van der Waals surface area contributed by atoms with Crippen LogP contribution >= 0.6 is 0 Å². The second kappa shape index (κ2) is 7.70. The van der Waals surface area contributed by atoms with E-state index in [2.05, 4.69) is 20.5 Å². The van der Waals surface area contributed by atoms with Crippen LogP contribution < -0.4 is 5.32 Å². The number of aryl methyl sites for hydroxylation is 1. The Kier molecular flexibility index (Phi) is 5.10. The number of fused-ring (bicyclic) bond motifs is 1. The first-order chi connectivity index (χ1) is 13.9. The number of anilines is 1. The van der Waals surface area contributed by atoms with Gasteiger partial charge in [-0.25, -0.2) is 14.0 Å². The molecule has 0 radical (unpaired) electrons. The van der Waals surface area contributed by atoms with Gasteiger partial charge in [0.1, 0.15) is 6.23 Å². The van der Waals surface area contributed by atoms with Gasteiger partial charge in [0.2, 0.25) is 5.95 Å². The lowest BCUT2D eigenvalue weighted by atomic mass is 10.1. The molecule has 4 heterocycles. The first-order valence-electron chi connectivity index (χ1n) is 9.72. The molecule has 10 nitrogen and oxygen atoms in total. The molecule has 1 unspecified atom stereocenters. The summed E-state index contributed by atoms with van der Waals surface area (Å²) in [6.45, 7) is 7.53. The third kappa shape index (κ3) is 3.88. The molecule has 2 atom stereocenters. The van der Waals surface area contributed by atoms with Gasteiger partial charge in [-0.15, -0.1) is 5.10 Å². The normalized spacial score (nSPS) is 17.8. The van der Waals surface area contributed by atoms with Crippen molar-refractivity contribution in [1.82, 2.24) is 29.3 Å². The molecular weight excluding hydrogens is 374 g/mol. The molecule has 0 bridgehead atoms. The Morgan fingerprint density at radius 2 is 2.28 bits per heavy atom. The third-order valence-electron chi connectivity index (χ3n) is 5.16. The summed E-state index contributed by atoms with van der Waals surface area (Å²) in [6.07, 6.45) is 5.44. The maximum atomic E-state index is 11.1. The molecule has 154 valence electrons. The molecule has 0 aromatic carbocycles. The minimum Gasteiger partial charge on any atom is -0.465 e. The van der Waals surface area contributed by atoms with Gasteiger partial charge in [-0.1, -0.05) is 0 Å². The standard InChI is InChI=1S/C19H25N7O3/c1-4-29-13(3)25-9-14(8-20-25)16-11-26-17(7-12(16)2)22-18(23-26)21-15-5-6-24(10-15)19(27)28/h7-9,11,13,15H,4-6,10H2,1-3H3,(H,21,23)(H,27,28)/t13?,15-/m1/s1. The molecule has 1 aliphatic heterocycles. The number of rotatable bonds is 6. The second-order valence-corrected chi connectivity index (χ2v) is 7.23. The van der Waals surface area contributed by atoms with E-state index >= 15 is 0 Å². The molecule has 1 fully saturated rings. The second-order valence-electron chi connectivity index (χ2n) is 7.23. The fraction of sp³-hybridized carbons (Fsp3) is 0.474. The van der Waals surface area contributed by atoms with Crippen LogP contribution in [0.3, 0.4) is 0 Å². The van der Waals surface area contributed by atoms with Crippen molar-refractivity contribution < 1.29 is 14.6 Å². The van der Waals surface area contributed by atoms with Crippen molar-refractivity contribution >= 4 is 17.7 Å². The van der Waals surface area contributed by atoms with E-state index in [1.165, 1.54) is 4.90 Å². The van der Waals surface area contributed by atoms with Crippen LogP contribution in [0.5, 0.6) is 0 Å². The maximum absolute atomic E-state index is 11.1. The molecule has 3 aromatic rings. The Labute approximate surface area is 168 Å². The Hall–Kier alpha value is -3.14. The lowest BCUT2D eigenvalue weighted by Crippen LogP contribution is -2.30. The van der Waals surface area contributed by atoms with Gasteiger partial charge < -0.3 is 20.1 Å². The van der Waals surface area contributed by atoms with Crippen molar-refractivity contribution in [3.05, 3.63) is 30.2 Å². The van der Waals surface area contributed by atoms with E-state index in [0.29, 0.717) is 25.6 Å². The largest absolute Gasteiger partial charge is 0.465 e. The number of carboxylic acid groups (broad SMARTS) is 1. The molecule has 29 heavy (non-hydrogen) atoms. The van der Waals surface area contributed by atoms with Crippen LogP contribution in [0.25, 0.3) is 16.8 Å². The fourth-order valence-corrected chi connectivity index (χ4v) is 3.62. The van der Waals surface area contributed by atoms with Crippen LogP contribution in [0, 0.1) is 6.92 Å². The van der Waals surface area contributed by atoms with E-state index in [9.17, 15) is 4.79 Å². The molecule has 10 heteroatoms. The number of pyridine rings is 1. The van der Waals surface area contributed by atoms with Crippen LogP contribution in [0.15, 0.2) is 24.7 Å². The summed E-state index contributed by atoms with van der Waals surface area (Å²) in [5, 5.41) is 21.3. The molecule has 3 aromatic heterocycles. The van der Waals surface area contributed by atoms with Crippen LogP contribution in [0.4, 0.5) is 10.7 Å². The highest BCUT2D eigenvalue weighted by Gasteiger charge is 2.26. The average Bonchev–Trinajstić information content (AvgIpc) is 3.40. The average molecular weight is 399 g/mol.